The van der Waals surface area contributed by atoms with Gasteiger partial charge < -0.3 is 0 Å². The van der Waals surface area contributed by atoms with Crippen molar-refractivity contribution >= 4 is 19.7 Å². The zero-order valence-corrected chi connectivity index (χ0v) is 22.9. The summed E-state index contributed by atoms with van der Waals surface area (Å²) >= 11 is 0. The molecule has 0 aromatic carbocycles. The molecule has 0 N–H and O–H groups in total. The van der Waals surface area contributed by atoms with Gasteiger partial charge in [0.15, 0.2) is 6.20 Å². The lowest BCUT2D eigenvalue weighted by Gasteiger charge is -2.27. The molecule has 0 atom stereocenters. The van der Waals surface area contributed by atoms with Crippen molar-refractivity contribution in [3.8, 4) is 0 Å². The van der Waals surface area contributed by atoms with Gasteiger partial charge in [-0.2, -0.15) is 61.5 Å². The SMILES string of the molecule is CC[n+]1cc(S(=O)(=O)C(F)(F)C(F)(F)C(F)(F)F)n(C)c1S(=O)(=O)C(F)(F)C(F)(F)C(F)(F)F.CCn1cc[n+](C)c1. The third-order valence-electron chi connectivity index (χ3n) is 5.29. The van der Waals surface area contributed by atoms with Crippen molar-refractivity contribution < 1.29 is 87.4 Å². The maximum Gasteiger partial charge on any atom is 0.461 e. The molecule has 0 saturated heterocycles. The van der Waals surface area contributed by atoms with E-state index in [2.05, 4.69) is 24.0 Å². The number of aryl methyl sites for hydroxylation is 3. The molecule has 0 aliphatic carbocycles. The topological polar surface area (TPSA) is 85.9 Å². The van der Waals surface area contributed by atoms with E-state index in [0.29, 0.717) is 6.92 Å². The molecule has 0 aliphatic heterocycles. The third-order valence-corrected chi connectivity index (χ3v) is 9.07. The molecule has 0 spiro atoms. The summed E-state index contributed by atoms with van der Waals surface area (Å²) < 4.78 is 233. The van der Waals surface area contributed by atoms with Crippen LogP contribution in [0.5, 0.6) is 0 Å². The monoisotopic (exact) mass is 686 g/mol. The Morgan fingerprint density at radius 3 is 1.43 bits per heavy atom. The molecule has 0 bridgehead atoms. The van der Waals surface area contributed by atoms with Gasteiger partial charge in [-0.15, -0.1) is 0 Å². The van der Waals surface area contributed by atoms with E-state index in [1.165, 1.54) is 0 Å². The highest BCUT2D eigenvalue weighted by Crippen LogP contribution is 2.52. The van der Waals surface area contributed by atoms with Crippen LogP contribution in [0.15, 0.2) is 35.1 Å². The van der Waals surface area contributed by atoms with Crippen LogP contribution < -0.4 is 9.13 Å². The van der Waals surface area contributed by atoms with Crippen molar-refractivity contribution in [2.75, 3.05) is 0 Å². The molecule has 2 rings (SSSR count). The summed E-state index contributed by atoms with van der Waals surface area (Å²) in [6.07, 6.45) is -8.86. The second-order valence-corrected chi connectivity index (χ2v) is 12.0. The fourth-order valence-electron chi connectivity index (χ4n) is 2.98. The molecule has 0 fully saturated rings. The minimum atomic E-state index is -7.40. The average Bonchev–Trinajstić information content (AvgIpc) is 3.40. The third kappa shape index (κ3) is 5.78. The quantitative estimate of drug-likeness (QED) is 0.313. The lowest BCUT2D eigenvalue weighted by atomic mass is 10.3. The normalized spacial score (nSPS) is 14.5. The standard InChI is InChI=1S/C12H9F14N2O4S2.C6H11N2/c1-3-28-4-5(33(29,30)11(23,24)7(13,14)9(17,18)19)27(2)6(28)34(31,32)12(25,26)8(15,16)10(20,21)22;1-3-8-5-4-7(2)6-8/h4H,3H2,1-2H3;4-6H,3H2,1-2H3/q2*+1. The van der Waals surface area contributed by atoms with Gasteiger partial charge in [0.1, 0.15) is 12.4 Å². The van der Waals surface area contributed by atoms with E-state index in [4.69, 9.17) is 0 Å². The predicted octanol–water partition coefficient (Wildman–Crippen LogP) is 3.79. The van der Waals surface area contributed by atoms with E-state index < -0.39 is 86.4 Å². The van der Waals surface area contributed by atoms with Crippen molar-refractivity contribution in [2.24, 2.45) is 14.1 Å². The Hall–Kier alpha value is -2.66. The van der Waals surface area contributed by atoms with Gasteiger partial charge in [0.2, 0.25) is 6.33 Å². The highest BCUT2D eigenvalue weighted by molar-refractivity contribution is 7.93. The van der Waals surface area contributed by atoms with E-state index in [-0.39, 0.29) is 7.05 Å². The molecule has 2 aromatic heterocycles. The maximum absolute atomic E-state index is 13.9. The van der Waals surface area contributed by atoms with Crippen molar-refractivity contribution in [1.29, 1.82) is 0 Å². The Morgan fingerprint density at radius 2 is 1.14 bits per heavy atom. The molecular formula is C18H20F14N4O4S2+2. The van der Waals surface area contributed by atoms with Crippen LogP contribution in [-0.4, -0.2) is 60.7 Å². The van der Waals surface area contributed by atoms with Crippen LogP contribution >= 0.6 is 0 Å². The lowest BCUT2D eigenvalue weighted by Crippen LogP contribution is -2.58. The van der Waals surface area contributed by atoms with Gasteiger partial charge in [-0.05, 0) is 13.8 Å². The molecule has 0 unspecified atom stereocenters. The number of aromatic nitrogens is 4. The Labute approximate surface area is 227 Å². The molecule has 42 heavy (non-hydrogen) atoms. The summed E-state index contributed by atoms with van der Waals surface area (Å²) in [5.74, 6) is -14.7. The van der Waals surface area contributed by atoms with Crippen LogP contribution in [-0.2, 0) is 46.9 Å². The van der Waals surface area contributed by atoms with Crippen molar-refractivity contribution in [3.05, 3.63) is 24.9 Å². The Bertz CT molecular complexity index is 1490. The highest BCUT2D eigenvalue weighted by atomic mass is 32.2. The van der Waals surface area contributed by atoms with Gasteiger partial charge in [-0.3, -0.25) is 0 Å². The summed E-state index contributed by atoms with van der Waals surface area (Å²) in [4.78, 5) is 0. The zero-order chi connectivity index (χ0) is 33.7. The Morgan fingerprint density at radius 1 is 0.738 bits per heavy atom. The number of halogens is 14. The minimum absolute atomic E-state index is 0.157. The van der Waals surface area contributed by atoms with Gasteiger partial charge in [0, 0.05) is 0 Å². The molecule has 0 amide bonds. The molecule has 0 aliphatic rings. The fourth-order valence-corrected chi connectivity index (χ4v) is 6.09. The van der Waals surface area contributed by atoms with Crippen LogP contribution in [0.2, 0.25) is 0 Å². The van der Waals surface area contributed by atoms with E-state index in [1.807, 2.05) is 17.8 Å². The minimum Gasteiger partial charge on any atom is -0.240 e. The van der Waals surface area contributed by atoms with Crippen LogP contribution in [0.3, 0.4) is 0 Å². The number of alkyl halides is 14. The highest BCUT2D eigenvalue weighted by Gasteiger charge is 2.82. The first-order valence-electron chi connectivity index (χ1n) is 10.7. The number of sulfone groups is 2. The summed E-state index contributed by atoms with van der Waals surface area (Å²) in [6, 6.07) is 0. The van der Waals surface area contributed by atoms with Crippen molar-refractivity contribution in [3.63, 3.8) is 0 Å². The van der Waals surface area contributed by atoms with Gasteiger partial charge in [-0.1, -0.05) is 0 Å². The summed E-state index contributed by atoms with van der Waals surface area (Å²) in [6.45, 7) is 2.67. The number of hydrogen-bond donors (Lipinski definition) is 0. The molecule has 244 valence electrons. The van der Waals surface area contributed by atoms with E-state index in [1.54, 1.807) is 0 Å². The second kappa shape index (κ2) is 11.1. The van der Waals surface area contributed by atoms with Crippen LogP contribution in [0.1, 0.15) is 13.8 Å². The number of rotatable bonds is 8. The molecular weight excluding hydrogens is 666 g/mol. The Balaban J connectivity index is 0.000000942. The number of hydrogen-bond acceptors (Lipinski definition) is 4. The van der Waals surface area contributed by atoms with E-state index in [0.717, 1.165) is 6.54 Å². The predicted molar refractivity (Wildman–Crippen MR) is 109 cm³/mol. The summed E-state index contributed by atoms with van der Waals surface area (Å²) in [7, 11) is -12.9. The van der Waals surface area contributed by atoms with Crippen molar-refractivity contribution in [2.45, 2.75) is 71.8 Å². The van der Waals surface area contributed by atoms with E-state index in [9.17, 15) is 78.3 Å². The van der Waals surface area contributed by atoms with Crippen LogP contribution in [0.4, 0.5) is 61.5 Å². The Kier molecular flexibility index (Phi) is 9.89. The maximum atomic E-state index is 13.9. The van der Waals surface area contributed by atoms with Crippen LogP contribution in [0, 0.1) is 0 Å². The molecule has 0 saturated carbocycles. The smallest absolute Gasteiger partial charge is 0.240 e. The summed E-state index contributed by atoms with van der Waals surface area (Å²) in [5, 5.41) is -19.4. The fraction of sp³-hybridized carbons (Fsp3) is 0.667. The molecule has 2 aromatic rings. The van der Waals surface area contributed by atoms with Crippen molar-refractivity contribution in [1.82, 2.24) is 9.13 Å². The molecule has 8 nitrogen and oxygen atoms in total. The van der Waals surface area contributed by atoms with Gasteiger partial charge >= 0.3 is 49.7 Å². The zero-order valence-electron chi connectivity index (χ0n) is 21.3. The van der Waals surface area contributed by atoms with Gasteiger partial charge in [0.25, 0.3) is 14.9 Å². The molecule has 24 heteroatoms. The number of nitrogens with zero attached hydrogens (tertiary/aromatic N) is 4. The first kappa shape index (κ1) is 37.4. The summed E-state index contributed by atoms with van der Waals surface area (Å²) in [5.41, 5.74) is 0. The lowest BCUT2D eigenvalue weighted by molar-refractivity contribution is -0.731. The second-order valence-electron chi connectivity index (χ2n) is 8.19. The largest absolute Gasteiger partial charge is 0.461 e. The van der Waals surface area contributed by atoms with E-state index >= 15 is 0 Å². The molecule has 0 radical (unpaired) electrons. The van der Waals surface area contributed by atoms with Gasteiger partial charge in [0.05, 0.1) is 27.2 Å². The number of imidazole rings is 2. The van der Waals surface area contributed by atoms with Gasteiger partial charge in [-0.25, -0.2) is 35.1 Å². The average molecular weight is 686 g/mol. The first-order valence-corrected chi connectivity index (χ1v) is 13.6. The first-order chi connectivity index (χ1) is 18.4. The van der Waals surface area contributed by atoms with Crippen LogP contribution in [0.25, 0.3) is 0 Å². The molecule has 2 heterocycles.